The highest BCUT2D eigenvalue weighted by Crippen LogP contribution is 2.26. The predicted octanol–water partition coefficient (Wildman–Crippen LogP) is 3.70. The van der Waals surface area contributed by atoms with Crippen LogP contribution in [0.3, 0.4) is 0 Å². The van der Waals surface area contributed by atoms with Crippen molar-refractivity contribution < 1.29 is 4.42 Å². The number of furan rings is 1. The minimum Gasteiger partial charge on any atom is -0.464 e. The third-order valence-electron chi connectivity index (χ3n) is 4.33. The monoisotopic (exact) mass is 371 g/mol. The number of benzene rings is 1. The zero-order valence-corrected chi connectivity index (χ0v) is 15.5. The number of rotatable bonds is 6. The highest BCUT2D eigenvalue weighted by molar-refractivity contribution is 5.85. The molecule has 134 valence electrons. The first-order valence-corrected chi connectivity index (χ1v) is 8.19. The average molecular weight is 372 g/mol. The molecule has 1 aromatic heterocycles. The fourth-order valence-electron chi connectivity index (χ4n) is 3.05. The van der Waals surface area contributed by atoms with E-state index in [0.717, 1.165) is 43.9 Å². The Bertz CT molecular complexity index is 569. The quantitative estimate of drug-likeness (QED) is 0.760. The molecular weight excluding hydrogens is 345 g/mol. The molecule has 3 rings (SSSR count). The van der Waals surface area contributed by atoms with Crippen molar-refractivity contribution in [3.05, 3.63) is 42.7 Å². The summed E-state index contributed by atoms with van der Waals surface area (Å²) >= 11 is 0. The van der Waals surface area contributed by atoms with E-state index in [2.05, 4.69) is 34.5 Å². The lowest BCUT2D eigenvalue weighted by Gasteiger charge is -2.34. The van der Waals surface area contributed by atoms with E-state index in [1.54, 1.807) is 6.26 Å². The van der Waals surface area contributed by atoms with Gasteiger partial charge in [-0.2, -0.15) is 0 Å². The van der Waals surface area contributed by atoms with Crippen molar-refractivity contribution in [2.75, 3.05) is 31.1 Å². The van der Waals surface area contributed by atoms with Crippen LogP contribution in [0, 0.1) is 0 Å². The number of anilines is 1. The van der Waals surface area contributed by atoms with Crippen molar-refractivity contribution in [1.29, 1.82) is 0 Å². The van der Waals surface area contributed by atoms with Gasteiger partial charge in [0.1, 0.15) is 5.76 Å². The zero-order chi connectivity index (χ0) is 15.2. The molecule has 0 atom stereocenters. The Kier molecular flexibility index (Phi) is 9.22. The lowest BCUT2D eigenvalue weighted by atomic mass is 10.0. The maximum Gasteiger partial charge on any atom is 0.133 e. The number of nitrogens with one attached hydrogen (secondary N) is 1. The first-order valence-electron chi connectivity index (χ1n) is 8.19. The van der Waals surface area contributed by atoms with Gasteiger partial charge in [-0.25, -0.2) is 0 Å². The van der Waals surface area contributed by atoms with Crippen LogP contribution in [0.4, 0.5) is 5.69 Å². The summed E-state index contributed by atoms with van der Waals surface area (Å²) in [5.41, 5.74) is 7.97. The summed E-state index contributed by atoms with van der Waals surface area (Å²) in [4.78, 5) is 2.47. The smallest absolute Gasteiger partial charge is 0.133 e. The number of halogens is 2. The fourth-order valence-corrected chi connectivity index (χ4v) is 3.05. The van der Waals surface area contributed by atoms with E-state index in [1.807, 2.05) is 12.1 Å². The fraction of sp³-hybridized carbons (Fsp3) is 0.444. The van der Waals surface area contributed by atoms with Gasteiger partial charge in [-0.3, -0.25) is 0 Å². The summed E-state index contributed by atoms with van der Waals surface area (Å²) in [6.45, 7) is 4.00. The Morgan fingerprint density at radius 2 is 1.92 bits per heavy atom. The summed E-state index contributed by atoms with van der Waals surface area (Å²) in [6.07, 6.45) is 5.16. The normalized spacial score (nSPS) is 14.8. The first-order chi connectivity index (χ1) is 10.9. The van der Waals surface area contributed by atoms with Gasteiger partial charge in [0.25, 0.3) is 0 Å². The second-order valence-corrected chi connectivity index (χ2v) is 5.89. The van der Waals surface area contributed by atoms with E-state index >= 15 is 0 Å². The molecule has 1 aromatic carbocycles. The van der Waals surface area contributed by atoms with Crippen molar-refractivity contribution in [2.45, 2.75) is 25.3 Å². The third-order valence-corrected chi connectivity index (χ3v) is 4.33. The van der Waals surface area contributed by atoms with Crippen molar-refractivity contribution in [2.24, 2.45) is 5.73 Å². The van der Waals surface area contributed by atoms with E-state index in [-0.39, 0.29) is 24.8 Å². The van der Waals surface area contributed by atoms with Gasteiger partial charge < -0.3 is 20.4 Å². The zero-order valence-electron chi connectivity index (χ0n) is 13.8. The van der Waals surface area contributed by atoms with Crippen molar-refractivity contribution >= 4 is 30.5 Å². The van der Waals surface area contributed by atoms with Gasteiger partial charge in [0.2, 0.25) is 0 Å². The number of hydrogen-bond donors (Lipinski definition) is 2. The number of nitrogens with zero attached hydrogens (tertiary/aromatic N) is 1. The van der Waals surface area contributed by atoms with Gasteiger partial charge in [0.05, 0.1) is 6.26 Å². The van der Waals surface area contributed by atoms with Crippen molar-refractivity contribution in [3.63, 3.8) is 0 Å². The molecule has 0 radical (unpaired) electrons. The Labute approximate surface area is 156 Å². The lowest BCUT2D eigenvalue weighted by Crippen LogP contribution is -2.43. The van der Waals surface area contributed by atoms with Crippen LogP contribution < -0.4 is 16.0 Å². The molecule has 0 bridgehead atoms. The maximum atomic E-state index is 5.54. The third kappa shape index (κ3) is 5.42. The average Bonchev–Trinajstić information content (AvgIpc) is 3.10. The van der Waals surface area contributed by atoms with Gasteiger partial charge in [-0.05, 0) is 56.6 Å². The van der Waals surface area contributed by atoms with Gasteiger partial charge in [0.15, 0.2) is 0 Å². The van der Waals surface area contributed by atoms with Crippen LogP contribution in [0.25, 0.3) is 11.3 Å². The van der Waals surface area contributed by atoms with E-state index in [0.29, 0.717) is 6.04 Å². The van der Waals surface area contributed by atoms with Crippen LogP contribution >= 0.6 is 24.8 Å². The van der Waals surface area contributed by atoms with Gasteiger partial charge >= 0.3 is 0 Å². The van der Waals surface area contributed by atoms with Gasteiger partial charge in [-0.1, -0.05) is 12.1 Å². The topological polar surface area (TPSA) is 54.4 Å². The highest BCUT2D eigenvalue weighted by atomic mass is 35.5. The molecule has 2 heterocycles. The Hall–Kier alpha value is -1.20. The molecule has 0 spiro atoms. The van der Waals surface area contributed by atoms with Crippen LogP contribution in [0.15, 0.2) is 47.1 Å². The van der Waals surface area contributed by atoms with E-state index in [9.17, 15) is 0 Å². The molecule has 6 heteroatoms. The molecule has 4 nitrogen and oxygen atoms in total. The molecule has 1 fully saturated rings. The second-order valence-electron chi connectivity index (χ2n) is 5.89. The number of nitrogens with two attached hydrogens (primary N) is 1. The second kappa shape index (κ2) is 10.6. The summed E-state index contributed by atoms with van der Waals surface area (Å²) in [6, 6.07) is 13.2. The molecule has 24 heavy (non-hydrogen) atoms. The maximum absolute atomic E-state index is 5.54. The van der Waals surface area contributed by atoms with Crippen molar-refractivity contribution in [3.8, 4) is 11.3 Å². The van der Waals surface area contributed by atoms with Crippen LogP contribution in [0.2, 0.25) is 0 Å². The summed E-state index contributed by atoms with van der Waals surface area (Å²) in [5, 5.41) is 3.61. The first kappa shape index (κ1) is 20.8. The molecule has 1 saturated heterocycles. The lowest BCUT2D eigenvalue weighted by molar-refractivity contribution is 0.414. The Morgan fingerprint density at radius 3 is 2.58 bits per heavy atom. The summed E-state index contributed by atoms with van der Waals surface area (Å²) in [5.74, 6) is 0.931. The van der Waals surface area contributed by atoms with E-state index in [1.165, 1.54) is 18.5 Å². The molecule has 1 aliphatic rings. The van der Waals surface area contributed by atoms with Crippen molar-refractivity contribution in [1.82, 2.24) is 5.32 Å². The van der Waals surface area contributed by atoms with Crippen LogP contribution in [-0.4, -0.2) is 32.2 Å². The SMILES string of the molecule is Cl.Cl.NCCCNC1CCN(c2cccc(-c3ccco3)c2)CC1. The molecule has 1 aliphatic heterocycles. The van der Waals surface area contributed by atoms with Crippen LogP contribution in [0.5, 0.6) is 0 Å². The number of hydrogen-bond acceptors (Lipinski definition) is 4. The molecule has 2 aromatic rings. The molecule has 0 amide bonds. The molecule has 0 aliphatic carbocycles. The summed E-state index contributed by atoms with van der Waals surface area (Å²) in [7, 11) is 0. The standard InChI is InChI=1S/C18H25N3O.2ClH/c19-9-3-10-20-16-7-11-21(12-8-16)17-5-1-4-15(14-17)18-6-2-13-22-18;;/h1-2,4-6,13-14,16,20H,3,7-12,19H2;2*1H. The minimum absolute atomic E-state index is 0. The van der Waals surface area contributed by atoms with E-state index < -0.39 is 0 Å². The van der Waals surface area contributed by atoms with Gasteiger partial charge in [0, 0.05) is 30.4 Å². The largest absolute Gasteiger partial charge is 0.464 e. The molecule has 3 N–H and O–H groups in total. The number of piperidine rings is 1. The van der Waals surface area contributed by atoms with Gasteiger partial charge in [-0.15, -0.1) is 24.8 Å². The van der Waals surface area contributed by atoms with E-state index in [4.69, 9.17) is 10.2 Å². The Balaban J connectivity index is 0.00000144. The predicted molar refractivity (Wildman–Crippen MR) is 106 cm³/mol. The molecular formula is C18H27Cl2N3O. The Morgan fingerprint density at radius 1 is 1.12 bits per heavy atom. The van der Waals surface area contributed by atoms with Crippen LogP contribution in [0.1, 0.15) is 19.3 Å². The minimum atomic E-state index is 0. The highest BCUT2D eigenvalue weighted by Gasteiger charge is 2.19. The molecule has 0 unspecified atom stereocenters. The molecule has 0 saturated carbocycles. The summed E-state index contributed by atoms with van der Waals surface area (Å²) < 4.78 is 5.50. The van der Waals surface area contributed by atoms with Crippen LogP contribution in [-0.2, 0) is 0 Å².